The zero-order valence-electron chi connectivity index (χ0n) is 14.1. The van der Waals surface area contributed by atoms with Crippen molar-refractivity contribution >= 4 is 12.2 Å². The second-order valence-electron chi connectivity index (χ2n) is 6.35. The van der Waals surface area contributed by atoms with Gasteiger partial charge in [0.25, 0.3) is 0 Å². The predicted octanol–water partition coefficient (Wildman–Crippen LogP) is 2.67. The van der Waals surface area contributed by atoms with Crippen LogP contribution in [0.5, 0.6) is 5.75 Å². The van der Waals surface area contributed by atoms with E-state index in [4.69, 9.17) is 17.0 Å². The molecule has 2 heterocycles. The Bertz CT molecular complexity index is 715. The number of aromatic amines is 1. The van der Waals surface area contributed by atoms with Crippen molar-refractivity contribution in [3.8, 4) is 17.1 Å². The summed E-state index contributed by atoms with van der Waals surface area (Å²) in [4.78, 5) is 6.80. The number of benzene rings is 1. The van der Waals surface area contributed by atoms with Gasteiger partial charge in [0.2, 0.25) is 4.77 Å². The zero-order valence-corrected chi connectivity index (χ0v) is 14.9. The van der Waals surface area contributed by atoms with Crippen molar-refractivity contribution in [3.05, 3.63) is 29.0 Å². The van der Waals surface area contributed by atoms with Gasteiger partial charge in [-0.3, -0.25) is 10.00 Å². The van der Waals surface area contributed by atoms with Crippen LogP contribution in [0.15, 0.2) is 24.3 Å². The van der Waals surface area contributed by atoms with Gasteiger partial charge in [-0.15, -0.1) is 0 Å². The summed E-state index contributed by atoms with van der Waals surface area (Å²) in [6.45, 7) is 4.52. The molecule has 1 atom stereocenters. The van der Waals surface area contributed by atoms with E-state index in [0.29, 0.717) is 17.4 Å². The number of rotatable bonds is 5. The summed E-state index contributed by atoms with van der Waals surface area (Å²) >= 11 is 5.38. The van der Waals surface area contributed by atoms with Gasteiger partial charge in [0, 0.05) is 18.7 Å². The number of piperidine rings is 1. The molecule has 1 fully saturated rings. The van der Waals surface area contributed by atoms with Gasteiger partial charge in [-0.05, 0) is 62.2 Å². The number of ether oxygens (including phenoxy) is 1. The van der Waals surface area contributed by atoms with Crippen LogP contribution >= 0.6 is 12.2 Å². The fourth-order valence-corrected chi connectivity index (χ4v) is 3.30. The third-order valence-corrected chi connectivity index (χ3v) is 5.01. The Labute approximate surface area is 147 Å². The maximum absolute atomic E-state index is 9.70. The number of aliphatic hydroxyl groups is 1. The molecule has 1 aliphatic rings. The van der Waals surface area contributed by atoms with Crippen LogP contribution in [0, 0.1) is 10.7 Å². The quantitative estimate of drug-likeness (QED) is 0.813. The molecule has 1 aromatic heterocycles. The molecule has 1 saturated heterocycles. The van der Waals surface area contributed by atoms with Crippen molar-refractivity contribution in [2.24, 2.45) is 5.92 Å². The van der Waals surface area contributed by atoms with Gasteiger partial charge < -0.3 is 9.84 Å². The molecule has 0 radical (unpaired) electrons. The largest absolute Gasteiger partial charge is 0.497 e. The number of methoxy groups -OCH3 is 1. The monoisotopic (exact) mass is 348 g/mol. The fraction of sp³-hybridized carbons (Fsp3) is 0.529. The topological polar surface area (TPSA) is 66.3 Å². The van der Waals surface area contributed by atoms with E-state index in [-0.39, 0.29) is 6.10 Å². The number of H-pyrrole nitrogens is 1. The van der Waals surface area contributed by atoms with E-state index in [0.717, 1.165) is 43.1 Å². The van der Waals surface area contributed by atoms with E-state index in [1.54, 1.807) is 7.11 Å². The van der Waals surface area contributed by atoms with E-state index in [9.17, 15) is 5.11 Å². The lowest BCUT2D eigenvalue weighted by Gasteiger charge is -2.33. The van der Waals surface area contributed by atoms with Crippen molar-refractivity contribution in [2.45, 2.75) is 32.5 Å². The van der Waals surface area contributed by atoms with Gasteiger partial charge in [-0.2, -0.15) is 4.98 Å². The minimum absolute atomic E-state index is 0.219. The van der Waals surface area contributed by atoms with Gasteiger partial charge in [0.1, 0.15) is 5.75 Å². The highest BCUT2D eigenvalue weighted by Crippen LogP contribution is 2.22. The number of likely N-dealkylation sites (tertiary alicyclic amines) is 1. The lowest BCUT2D eigenvalue weighted by atomic mass is 9.92. The molecule has 1 aromatic carbocycles. The minimum Gasteiger partial charge on any atom is -0.497 e. The van der Waals surface area contributed by atoms with E-state index >= 15 is 0 Å². The number of nitrogens with zero attached hydrogens (tertiary/aromatic N) is 3. The van der Waals surface area contributed by atoms with Crippen molar-refractivity contribution in [1.29, 1.82) is 0 Å². The first-order chi connectivity index (χ1) is 11.6. The van der Waals surface area contributed by atoms with Gasteiger partial charge in [-0.25, -0.2) is 4.68 Å². The molecule has 3 rings (SSSR count). The first-order valence-corrected chi connectivity index (χ1v) is 8.69. The number of nitrogens with one attached hydrogen (secondary N) is 1. The third kappa shape index (κ3) is 3.85. The van der Waals surface area contributed by atoms with Crippen LogP contribution in [0.1, 0.15) is 19.8 Å². The Morgan fingerprint density at radius 1 is 1.33 bits per heavy atom. The summed E-state index contributed by atoms with van der Waals surface area (Å²) in [6.07, 6.45) is 1.82. The molecule has 0 aliphatic carbocycles. The van der Waals surface area contributed by atoms with Crippen molar-refractivity contribution in [2.75, 3.05) is 20.2 Å². The molecule has 24 heavy (non-hydrogen) atoms. The molecule has 0 spiro atoms. The summed E-state index contributed by atoms with van der Waals surface area (Å²) in [6, 6.07) is 7.74. The first kappa shape index (κ1) is 17.1. The Hall–Kier alpha value is -1.70. The molecule has 7 heteroatoms. The Kier molecular flexibility index (Phi) is 5.33. The molecule has 0 amide bonds. The number of aliphatic hydroxyl groups excluding tert-OH is 1. The van der Waals surface area contributed by atoms with Crippen LogP contribution in [-0.4, -0.2) is 51.1 Å². The second kappa shape index (κ2) is 7.46. The van der Waals surface area contributed by atoms with Gasteiger partial charge in [0.05, 0.1) is 19.9 Å². The predicted molar refractivity (Wildman–Crippen MR) is 95.4 cm³/mol. The summed E-state index contributed by atoms with van der Waals surface area (Å²) in [5.74, 6) is 1.99. The minimum atomic E-state index is -0.219. The molecule has 0 bridgehead atoms. The van der Waals surface area contributed by atoms with E-state index < -0.39 is 0 Å². The van der Waals surface area contributed by atoms with Gasteiger partial charge in [0.15, 0.2) is 5.82 Å². The maximum Gasteiger partial charge on any atom is 0.217 e. The number of hydrogen-bond acceptors (Lipinski definition) is 5. The summed E-state index contributed by atoms with van der Waals surface area (Å²) in [5.41, 5.74) is 0.980. The molecule has 130 valence electrons. The van der Waals surface area contributed by atoms with Crippen LogP contribution in [0.2, 0.25) is 0 Å². The van der Waals surface area contributed by atoms with Crippen LogP contribution in [0.4, 0.5) is 0 Å². The summed E-state index contributed by atoms with van der Waals surface area (Å²) in [7, 11) is 1.65. The lowest BCUT2D eigenvalue weighted by molar-refractivity contribution is 0.0592. The second-order valence-corrected chi connectivity index (χ2v) is 6.71. The van der Waals surface area contributed by atoms with Crippen molar-refractivity contribution in [1.82, 2.24) is 19.7 Å². The van der Waals surface area contributed by atoms with Crippen molar-refractivity contribution in [3.63, 3.8) is 0 Å². The molecular formula is C17H24N4O2S. The lowest BCUT2D eigenvalue weighted by Crippen LogP contribution is -2.38. The summed E-state index contributed by atoms with van der Waals surface area (Å²) in [5, 5.41) is 13.0. The molecule has 1 unspecified atom stereocenters. The van der Waals surface area contributed by atoms with E-state index in [2.05, 4.69) is 15.0 Å². The number of aromatic nitrogens is 3. The SMILES string of the molecule is COc1ccc(-c2nc(=S)n(CN3CCC(C(C)O)CC3)[nH]2)cc1. The third-order valence-electron chi connectivity index (χ3n) is 4.70. The zero-order chi connectivity index (χ0) is 17.1. The highest BCUT2D eigenvalue weighted by atomic mass is 32.1. The maximum atomic E-state index is 9.70. The van der Waals surface area contributed by atoms with Crippen LogP contribution in [-0.2, 0) is 6.67 Å². The van der Waals surface area contributed by atoms with E-state index in [1.807, 2.05) is 35.9 Å². The van der Waals surface area contributed by atoms with E-state index in [1.165, 1.54) is 0 Å². The van der Waals surface area contributed by atoms with Gasteiger partial charge in [-0.1, -0.05) is 0 Å². The van der Waals surface area contributed by atoms with Crippen LogP contribution in [0.25, 0.3) is 11.4 Å². The molecular weight excluding hydrogens is 324 g/mol. The van der Waals surface area contributed by atoms with Crippen LogP contribution < -0.4 is 4.74 Å². The Balaban J connectivity index is 1.67. The fourth-order valence-electron chi connectivity index (χ4n) is 3.11. The Morgan fingerprint density at radius 3 is 2.58 bits per heavy atom. The number of hydrogen-bond donors (Lipinski definition) is 2. The molecule has 1 aliphatic heterocycles. The average molecular weight is 348 g/mol. The molecule has 6 nitrogen and oxygen atoms in total. The average Bonchev–Trinajstić information content (AvgIpc) is 2.96. The molecule has 2 N–H and O–H groups in total. The van der Waals surface area contributed by atoms with Gasteiger partial charge >= 0.3 is 0 Å². The molecule has 2 aromatic rings. The smallest absolute Gasteiger partial charge is 0.217 e. The van der Waals surface area contributed by atoms with Crippen LogP contribution in [0.3, 0.4) is 0 Å². The molecule has 0 saturated carbocycles. The Morgan fingerprint density at radius 2 is 2.00 bits per heavy atom. The highest BCUT2D eigenvalue weighted by molar-refractivity contribution is 7.71. The highest BCUT2D eigenvalue weighted by Gasteiger charge is 2.23. The van der Waals surface area contributed by atoms with Crippen molar-refractivity contribution < 1.29 is 9.84 Å². The normalized spacial score (nSPS) is 17.8. The standard InChI is InChI=1S/C17H24N4O2S/c1-12(22)13-7-9-20(10-8-13)11-21-17(24)18-16(19-21)14-3-5-15(23-2)6-4-14/h3-6,12-13,22H,7-11H2,1-2H3,(H,18,19,24). The first-order valence-electron chi connectivity index (χ1n) is 8.28. The summed E-state index contributed by atoms with van der Waals surface area (Å²) < 4.78 is 7.63.